The van der Waals surface area contributed by atoms with E-state index < -0.39 is 5.97 Å². The van der Waals surface area contributed by atoms with E-state index in [-0.39, 0.29) is 24.6 Å². The maximum absolute atomic E-state index is 12.9. The van der Waals surface area contributed by atoms with Crippen LogP contribution in [0.25, 0.3) is 10.1 Å². The number of carbonyl (C=O) groups excluding carboxylic acids is 2. The minimum atomic E-state index is -0.524. The number of esters is 1. The van der Waals surface area contributed by atoms with E-state index in [0.717, 1.165) is 63.4 Å². The fourth-order valence-electron chi connectivity index (χ4n) is 6.34. The molecule has 1 amide bonds. The van der Waals surface area contributed by atoms with Gasteiger partial charge in [0.2, 0.25) is 5.91 Å². The Labute approximate surface area is 233 Å². The summed E-state index contributed by atoms with van der Waals surface area (Å²) in [5.41, 5.74) is 9.76. The zero-order valence-corrected chi connectivity index (χ0v) is 23.3. The molecule has 2 N–H and O–H groups in total. The van der Waals surface area contributed by atoms with Gasteiger partial charge in [0, 0.05) is 59.9 Å². The number of ether oxygens (including phenoxy) is 2. The molecule has 1 unspecified atom stereocenters. The van der Waals surface area contributed by atoms with E-state index in [2.05, 4.69) is 52.4 Å². The summed E-state index contributed by atoms with van der Waals surface area (Å²) in [4.78, 5) is 31.1. The van der Waals surface area contributed by atoms with Crippen LogP contribution in [0.5, 0.6) is 5.75 Å². The minimum Gasteiger partial charge on any atom is -0.494 e. The minimum absolute atomic E-state index is 0.0373. The topological polar surface area (TPSA) is 88.3 Å². The number of carbonyl (C=O) groups is 2. The lowest BCUT2D eigenvalue weighted by Crippen LogP contribution is -2.50. The second-order valence-corrected chi connectivity index (χ2v) is 12.0. The van der Waals surface area contributed by atoms with Crippen molar-refractivity contribution in [2.45, 2.75) is 38.0 Å². The summed E-state index contributed by atoms with van der Waals surface area (Å²) < 4.78 is 12.7. The first kappa shape index (κ1) is 26.1. The highest BCUT2D eigenvalue weighted by Gasteiger charge is 2.48. The molecule has 0 radical (unpaired) electrons. The lowest BCUT2D eigenvalue weighted by atomic mass is 9.61. The van der Waals surface area contributed by atoms with E-state index in [0.29, 0.717) is 13.0 Å². The highest BCUT2D eigenvalue weighted by molar-refractivity contribution is 7.17. The SMILES string of the molecule is CC12CC(=O)N(COC(=O)CN)c3cc(OCCCCN4CCN(c5cccc6sccc56)CC4)cc(c31)C2. The first-order chi connectivity index (χ1) is 18.9. The van der Waals surface area contributed by atoms with Crippen LogP contribution < -0.4 is 20.3 Å². The summed E-state index contributed by atoms with van der Waals surface area (Å²) >= 11 is 1.81. The number of benzene rings is 2. The van der Waals surface area contributed by atoms with E-state index in [1.807, 2.05) is 6.07 Å². The van der Waals surface area contributed by atoms with Crippen LogP contribution in [0.3, 0.4) is 0 Å². The van der Waals surface area contributed by atoms with Crippen LogP contribution in [0.4, 0.5) is 11.4 Å². The van der Waals surface area contributed by atoms with E-state index in [9.17, 15) is 9.59 Å². The quantitative estimate of drug-likeness (QED) is 0.304. The Morgan fingerprint density at radius 2 is 1.92 bits per heavy atom. The summed E-state index contributed by atoms with van der Waals surface area (Å²) in [6.07, 6.45) is 3.33. The predicted molar refractivity (Wildman–Crippen MR) is 155 cm³/mol. The van der Waals surface area contributed by atoms with Crippen molar-refractivity contribution >= 4 is 44.7 Å². The first-order valence-corrected chi connectivity index (χ1v) is 14.7. The number of nitrogens with zero attached hydrogens (tertiary/aromatic N) is 3. The summed E-state index contributed by atoms with van der Waals surface area (Å²) in [6, 6.07) is 12.9. The van der Waals surface area contributed by atoms with Crippen LogP contribution >= 0.6 is 11.3 Å². The van der Waals surface area contributed by atoms with Gasteiger partial charge in [0.1, 0.15) is 5.75 Å². The molecule has 1 fully saturated rings. The lowest BCUT2D eigenvalue weighted by Gasteiger charge is -2.48. The van der Waals surface area contributed by atoms with E-state index in [1.165, 1.54) is 26.9 Å². The van der Waals surface area contributed by atoms with E-state index in [4.69, 9.17) is 15.2 Å². The predicted octanol–water partition coefficient (Wildman–Crippen LogP) is 3.89. The Balaban J connectivity index is 0.989. The fourth-order valence-corrected chi connectivity index (χ4v) is 7.14. The van der Waals surface area contributed by atoms with Crippen molar-refractivity contribution in [2.75, 3.05) is 62.4 Å². The van der Waals surface area contributed by atoms with Gasteiger partial charge in [-0.25, -0.2) is 0 Å². The molecule has 9 heteroatoms. The number of thiophene rings is 1. The molecule has 206 valence electrons. The monoisotopic (exact) mass is 548 g/mol. The number of hydrogen-bond acceptors (Lipinski definition) is 8. The van der Waals surface area contributed by atoms with E-state index in [1.54, 1.807) is 16.2 Å². The third-order valence-corrected chi connectivity index (χ3v) is 9.22. The van der Waals surface area contributed by atoms with Gasteiger partial charge in [-0.15, -0.1) is 11.3 Å². The fraction of sp³-hybridized carbons (Fsp3) is 0.467. The average Bonchev–Trinajstić information content (AvgIpc) is 3.41. The molecule has 1 saturated heterocycles. The average molecular weight is 549 g/mol. The van der Waals surface area contributed by atoms with Gasteiger partial charge in [0.25, 0.3) is 0 Å². The molecule has 3 heterocycles. The van der Waals surface area contributed by atoms with Gasteiger partial charge in [0.05, 0.1) is 18.8 Å². The molecule has 1 aliphatic carbocycles. The van der Waals surface area contributed by atoms with Gasteiger partial charge in [-0.2, -0.15) is 0 Å². The van der Waals surface area contributed by atoms with Crippen molar-refractivity contribution in [3.05, 3.63) is 52.9 Å². The molecule has 1 aromatic heterocycles. The Morgan fingerprint density at radius 3 is 2.74 bits per heavy atom. The molecule has 39 heavy (non-hydrogen) atoms. The number of piperazine rings is 1. The summed E-state index contributed by atoms with van der Waals surface area (Å²) in [5, 5.41) is 3.54. The molecule has 3 aliphatic rings. The second kappa shape index (κ2) is 10.8. The summed E-state index contributed by atoms with van der Waals surface area (Å²) in [7, 11) is 0. The van der Waals surface area contributed by atoms with Crippen LogP contribution in [-0.4, -0.2) is 69.4 Å². The van der Waals surface area contributed by atoms with Crippen molar-refractivity contribution in [3.8, 4) is 5.75 Å². The molecule has 1 atom stereocenters. The molecule has 6 rings (SSSR count). The van der Waals surface area contributed by atoms with E-state index >= 15 is 0 Å². The third kappa shape index (κ3) is 5.11. The molecule has 0 bridgehead atoms. The number of rotatable bonds is 10. The summed E-state index contributed by atoms with van der Waals surface area (Å²) in [6.45, 7) is 7.77. The van der Waals surface area contributed by atoms with Crippen LogP contribution in [0.1, 0.15) is 37.3 Å². The number of anilines is 2. The zero-order chi connectivity index (χ0) is 27.0. The zero-order valence-electron chi connectivity index (χ0n) is 22.5. The second-order valence-electron chi connectivity index (χ2n) is 11.1. The van der Waals surface area contributed by atoms with Crippen LogP contribution in [0, 0.1) is 0 Å². The normalized spacial score (nSPS) is 20.6. The molecule has 2 aromatic carbocycles. The van der Waals surface area contributed by atoms with Crippen molar-refractivity contribution < 1.29 is 19.1 Å². The highest BCUT2D eigenvalue weighted by Crippen LogP contribution is 2.53. The largest absolute Gasteiger partial charge is 0.494 e. The standard InChI is InChI=1S/C30H36N4O4S/c1-30-17-21-15-22(16-25(29(21)30)34(27(35)18-30)20-38-28(36)19-31)37-13-3-2-8-32-9-11-33(12-10-32)24-5-4-6-26-23(24)7-14-39-26/h4-7,14-16H,2-3,8-13,17-20,31H2,1H3. The van der Waals surface area contributed by atoms with Gasteiger partial charge in [-0.05, 0) is 66.6 Å². The van der Waals surface area contributed by atoms with Gasteiger partial charge in [-0.3, -0.25) is 19.4 Å². The molecular formula is C30H36N4O4S. The van der Waals surface area contributed by atoms with Gasteiger partial charge in [0.15, 0.2) is 6.73 Å². The molecule has 8 nitrogen and oxygen atoms in total. The smallest absolute Gasteiger partial charge is 0.321 e. The molecule has 2 aliphatic heterocycles. The van der Waals surface area contributed by atoms with Crippen molar-refractivity contribution in [2.24, 2.45) is 5.73 Å². The van der Waals surface area contributed by atoms with Gasteiger partial charge >= 0.3 is 5.97 Å². The summed E-state index contributed by atoms with van der Waals surface area (Å²) in [5.74, 6) is 0.209. The van der Waals surface area contributed by atoms with Crippen molar-refractivity contribution in [1.29, 1.82) is 0 Å². The lowest BCUT2D eigenvalue weighted by molar-refractivity contribution is -0.142. The van der Waals surface area contributed by atoms with Crippen LogP contribution in [0.2, 0.25) is 0 Å². The van der Waals surface area contributed by atoms with Gasteiger partial charge in [-0.1, -0.05) is 13.0 Å². The Kier molecular flexibility index (Phi) is 7.22. The maximum Gasteiger partial charge on any atom is 0.321 e. The van der Waals surface area contributed by atoms with Crippen molar-refractivity contribution in [3.63, 3.8) is 0 Å². The Morgan fingerprint density at radius 1 is 1.08 bits per heavy atom. The Bertz CT molecular complexity index is 1380. The highest BCUT2D eigenvalue weighted by atomic mass is 32.1. The number of fused-ring (bicyclic) bond motifs is 1. The maximum atomic E-state index is 12.9. The van der Waals surface area contributed by atoms with Crippen LogP contribution in [0.15, 0.2) is 41.8 Å². The molecular weight excluding hydrogens is 512 g/mol. The molecule has 0 spiro atoms. The van der Waals surface area contributed by atoms with Gasteiger partial charge < -0.3 is 20.1 Å². The molecule has 0 saturated carbocycles. The number of unbranched alkanes of at least 4 members (excludes halogenated alkanes) is 1. The molecule has 3 aromatic rings. The number of nitrogens with two attached hydrogens (primary N) is 1. The van der Waals surface area contributed by atoms with Crippen molar-refractivity contribution in [1.82, 2.24) is 4.90 Å². The third-order valence-electron chi connectivity index (χ3n) is 8.33. The Hall–Kier alpha value is -3.14. The first-order valence-electron chi connectivity index (χ1n) is 13.8. The number of hydrogen-bond donors (Lipinski definition) is 1. The van der Waals surface area contributed by atoms with Crippen LogP contribution in [-0.2, 0) is 26.2 Å². The number of amides is 1.